The highest BCUT2D eigenvalue weighted by molar-refractivity contribution is 5.97. The number of hydrogen-bond donors (Lipinski definition) is 1. The summed E-state index contributed by atoms with van der Waals surface area (Å²) in [5.74, 6) is 0.435. The molecule has 0 aliphatic carbocycles. The Bertz CT molecular complexity index is 537. The van der Waals surface area contributed by atoms with Crippen LogP contribution in [0.3, 0.4) is 0 Å². The molecule has 2 rings (SSSR count). The molecule has 1 fully saturated rings. The van der Waals surface area contributed by atoms with Gasteiger partial charge in [0, 0.05) is 19.1 Å². The summed E-state index contributed by atoms with van der Waals surface area (Å²) in [7, 11) is 1.56. The second kappa shape index (κ2) is 8.92. The van der Waals surface area contributed by atoms with Crippen LogP contribution in [0.1, 0.15) is 49.9 Å². The van der Waals surface area contributed by atoms with E-state index in [1.54, 1.807) is 19.2 Å². The highest BCUT2D eigenvalue weighted by atomic mass is 16.5. The number of carbonyl (C=O) groups excluding carboxylic acids is 1. The summed E-state index contributed by atoms with van der Waals surface area (Å²) in [5.41, 5.74) is 0.305. The van der Waals surface area contributed by atoms with E-state index in [0.717, 1.165) is 19.6 Å². The minimum atomic E-state index is -0.142. The summed E-state index contributed by atoms with van der Waals surface area (Å²) in [4.78, 5) is 17.2. The van der Waals surface area contributed by atoms with Crippen LogP contribution in [0.2, 0.25) is 0 Å². The molecule has 1 aromatic carbocycles. The van der Waals surface area contributed by atoms with Crippen molar-refractivity contribution in [2.24, 2.45) is 0 Å². The highest BCUT2D eigenvalue weighted by Gasteiger charge is 2.23. The minimum absolute atomic E-state index is 0.00113. The van der Waals surface area contributed by atoms with Crippen LogP contribution in [0.4, 0.5) is 0 Å². The van der Waals surface area contributed by atoms with E-state index in [4.69, 9.17) is 4.74 Å². The topological polar surface area (TPSA) is 53.0 Å². The fraction of sp³-hybridized carbons (Fsp3) is 0.632. The van der Waals surface area contributed by atoms with Gasteiger partial charge in [-0.2, -0.15) is 0 Å². The Morgan fingerprint density at radius 1 is 1.25 bits per heavy atom. The van der Waals surface area contributed by atoms with Gasteiger partial charge in [0.05, 0.1) is 12.7 Å². The number of likely N-dealkylation sites (tertiary alicyclic amines) is 1. The summed E-state index contributed by atoms with van der Waals surface area (Å²) >= 11 is 0. The molecule has 134 valence electrons. The van der Waals surface area contributed by atoms with Gasteiger partial charge in [-0.25, -0.2) is 0 Å². The molecular weight excluding hydrogens is 304 g/mol. The zero-order valence-electron chi connectivity index (χ0n) is 15.1. The van der Waals surface area contributed by atoms with Gasteiger partial charge in [-0.05, 0) is 58.0 Å². The van der Waals surface area contributed by atoms with Crippen LogP contribution in [0.5, 0.6) is 11.5 Å². The van der Waals surface area contributed by atoms with Gasteiger partial charge in [-0.3, -0.25) is 4.79 Å². The fourth-order valence-electron chi connectivity index (χ4n) is 3.17. The number of nitrogens with zero attached hydrogens (tertiary/aromatic N) is 2. The lowest BCUT2D eigenvalue weighted by atomic mass is 10.1. The summed E-state index contributed by atoms with van der Waals surface area (Å²) in [6, 6.07) is 4.86. The molecule has 1 amide bonds. The molecule has 1 aliphatic rings. The molecule has 0 atom stereocenters. The van der Waals surface area contributed by atoms with Crippen molar-refractivity contribution in [3.05, 3.63) is 23.8 Å². The second-order valence-electron chi connectivity index (χ2n) is 6.73. The van der Waals surface area contributed by atoms with Crippen molar-refractivity contribution in [3.8, 4) is 11.5 Å². The van der Waals surface area contributed by atoms with Crippen molar-refractivity contribution >= 4 is 5.91 Å². The van der Waals surface area contributed by atoms with Crippen LogP contribution in [-0.4, -0.2) is 60.1 Å². The zero-order valence-corrected chi connectivity index (χ0v) is 15.1. The predicted molar refractivity (Wildman–Crippen MR) is 95.7 cm³/mol. The van der Waals surface area contributed by atoms with Crippen molar-refractivity contribution in [1.29, 1.82) is 0 Å². The number of phenolic OH excluding ortho intramolecular Hbond substituents is 1. The van der Waals surface area contributed by atoms with Crippen molar-refractivity contribution in [2.45, 2.75) is 45.6 Å². The number of carbonyl (C=O) groups is 1. The molecule has 0 bridgehead atoms. The third-order valence-corrected chi connectivity index (χ3v) is 4.67. The van der Waals surface area contributed by atoms with E-state index >= 15 is 0 Å². The number of benzene rings is 1. The molecule has 1 N–H and O–H groups in total. The van der Waals surface area contributed by atoms with E-state index in [-0.39, 0.29) is 17.7 Å². The van der Waals surface area contributed by atoms with Crippen LogP contribution in [0.25, 0.3) is 0 Å². The first-order valence-electron chi connectivity index (χ1n) is 8.93. The predicted octanol–water partition coefficient (Wildman–Crippen LogP) is 3.13. The molecule has 5 heteroatoms. The zero-order chi connectivity index (χ0) is 17.5. The Labute approximate surface area is 145 Å². The van der Waals surface area contributed by atoms with Crippen molar-refractivity contribution in [3.63, 3.8) is 0 Å². The number of phenols is 1. The maximum absolute atomic E-state index is 12.9. The van der Waals surface area contributed by atoms with Crippen LogP contribution in [-0.2, 0) is 0 Å². The van der Waals surface area contributed by atoms with Crippen LogP contribution >= 0.6 is 0 Å². The van der Waals surface area contributed by atoms with E-state index in [0.29, 0.717) is 17.9 Å². The van der Waals surface area contributed by atoms with Crippen LogP contribution < -0.4 is 4.74 Å². The molecule has 0 aromatic heterocycles. The van der Waals surface area contributed by atoms with Crippen LogP contribution in [0, 0.1) is 0 Å². The number of amides is 1. The van der Waals surface area contributed by atoms with E-state index < -0.39 is 0 Å². The van der Waals surface area contributed by atoms with Gasteiger partial charge in [0.1, 0.15) is 11.5 Å². The lowest BCUT2D eigenvalue weighted by molar-refractivity contribution is 0.0678. The maximum Gasteiger partial charge on any atom is 0.258 e. The molecule has 24 heavy (non-hydrogen) atoms. The molecule has 1 saturated heterocycles. The van der Waals surface area contributed by atoms with Gasteiger partial charge >= 0.3 is 0 Å². The largest absolute Gasteiger partial charge is 0.507 e. The van der Waals surface area contributed by atoms with Crippen molar-refractivity contribution in [1.82, 2.24) is 9.80 Å². The first-order valence-corrected chi connectivity index (χ1v) is 8.93. The first-order chi connectivity index (χ1) is 11.5. The van der Waals surface area contributed by atoms with Gasteiger partial charge in [-0.1, -0.05) is 12.8 Å². The third kappa shape index (κ3) is 4.87. The molecule has 0 spiro atoms. The van der Waals surface area contributed by atoms with Crippen molar-refractivity contribution in [2.75, 3.05) is 33.3 Å². The molecular formula is C19H30N2O3. The molecule has 0 unspecified atom stereocenters. The summed E-state index contributed by atoms with van der Waals surface area (Å²) in [6.07, 6.45) is 5.10. The average Bonchev–Trinajstić information content (AvgIpc) is 2.84. The SMILES string of the molecule is COc1ccc(O)c(C(=O)N(CCN2CCCCCC2)C(C)C)c1. The Hall–Kier alpha value is -1.75. The number of ether oxygens (including phenoxy) is 1. The minimum Gasteiger partial charge on any atom is -0.507 e. The molecule has 1 heterocycles. The smallest absolute Gasteiger partial charge is 0.258 e. The maximum atomic E-state index is 12.9. The normalized spacial score (nSPS) is 16.0. The van der Waals surface area contributed by atoms with E-state index in [2.05, 4.69) is 4.90 Å². The standard InChI is InChI=1S/C19H30N2O3/c1-15(2)21(13-12-20-10-6-4-5-7-11-20)19(23)17-14-16(24-3)8-9-18(17)22/h8-9,14-15,22H,4-7,10-13H2,1-3H3. The second-order valence-corrected chi connectivity index (χ2v) is 6.73. The van der Waals surface area contributed by atoms with Crippen LogP contribution in [0.15, 0.2) is 18.2 Å². The Morgan fingerprint density at radius 2 is 1.92 bits per heavy atom. The number of hydrogen-bond acceptors (Lipinski definition) is 4. The number of rotatable bonds is 6. The van der Waals surface area contributed by atoms with Gasteiger partial charge in [0.15, 0.2) is 0 Å². The van der Waals surface area contributed by atoms with Gasteiger partial charge in [-0.15, -0.1) is 0 Å². The average molecular weight is 334 g/mol. The van der Waals surface area contributed by atoms with Gasteiger partial charge < -0.3 is 19.6 Å². The van der Waals surface area contributed by atoms with Crippen molar-refractivity contribution < 1.29 is 14.6 Å². The Morgan fingerprint density at radius 3 is 2.50 bits per heavy atom. The monoisotopic (exact) mass is 334 g/mol. The molecule has 0 radical (unpaired) electrons. The molecule has 5 nitrogen and oxygen atoms in total. The highest BCUT2D eigenvalue weighted by Crippen LogP contribution is 2.25. The van der Waals surface area contributed by atoms with E-state index in [9.17, 15) is 9.90 Å². The number of methoxy groups -OCH3 is 1. The lowest BCUT2D eigenvalue weighted by Crippen LogP contribution is -2.42. The Kier molecular flexibility index (Phi) is 6.91. The summed E-state index contributed by atoms with van der Waals surface area (Å²) in [6.45, 7) is 7.81. The van der Waals surface area contributed by atoms with Gasteiger partial charge in [0.2, 0.25) is 0 Å². The first kappa shape index (κ1) is 18.6. The van der Waals surface area contributed by atoms with E-state index in [1.807, 2.05) is 18.7 Å². The van der Waals surface area contributed by atoms with Gasteiger partial charge in [0.25, 0.3) is 5.91 Å². The molecule has 1 aromatic rings. The van der Waals surface area contributed by atoms with E-state index in [1.165, 1.54) is 31.7 Å². The lowest BCUT2D eigenvalue weighted by Gasteiger charge is -2.30. The fourth-order valence-corrected chi connectivity index (χ4v) is 3.17. The summed E-state index contributed by atoms with van der Waals surface area (Å²) in [5, 5.41) is 10.1. The quantitative estimate of drug-likeness (QED) is 0.868. The molecule has 1 aliphatic heterocycles. The molecule has 0 saturated carbocycles. The number of aromatic hydroxyl groups is 1. The summed E-state index contributed by atoms with van der Waals surface area (Å²) < 4.78 is 5.18. The Balaban J connectivity index is 2.07. The third-order valence-electron chi connectivity index (χ3n) is 4.67.